The Balaban J connectivity index is 1.27. The average Bonchev–Trinajstić information content (AvgIpc) is 3.48. The van der Waals surface area contributed by atoms with Crippen molar-refractivity contribution in [3.8, 4) is 0 Å². The van der Waals surface area contributed by atoms with E-state index < -0.39 is 0 Å². The Hall–Kier alpha value is -2.70. The summed E-state index contributed by atoms with van der Waals surface area (Å²) < 4.78 is 18.6. The van der Waals surface area contributed by atoms with Crippen molar-refractivity contribution in [2.45, 2.75) is 30.9 Å². The number of rotatable bonds is 8. The van der Waals surface area contributed by atoms with E-state index in [9.17, 15) is 9.18 Å². The molecular weight excluding hydrogens is 447 g/mol. The van der Waals surface area contributed by atoms with Crippen LogP contribution in [0.1, 0.15) is 37.0 Å². The van der Waals surface area contributed by atoms with Gasteiger partial charge in [-0.25, -0.2) is 9.37 Å². The van der Waals surface area contributed by atoms with Crippen LogP contribution in [0.4, 0.5) is 4.39 Å². The number of carbonyl (C=O) groups is 1. The minimum absolute atomic E-state index is 0.262. The molecular formula is C18H15FN6O2S3. The van der Waals surface area contributed by atoms with Gasteiger partial charge in [-0.2, -0.15) is 0 Å². The summed E-state index contributed by atoms with van der Waals surface area (Å²) in [6.45, 7) is 2.23. The monoisotopic (exact) mass is 462 g/mol. The fourth-order valence-electron chi connectivity index (χ4n) is 2.40. The zero-order valence-corrected chi connectivity index (χ0v) is 18.1. The van der Waals surface area contributed by atoms with E-state index in [0.29, 0.717) is 28.3 Å². The summed E-state index contributed by atoms with van der Waals surface area (Å²) in [5, 5.41) is 23.1. The van der Waals surface area contributed by atoms with Crippen LogP contribution in [0.3, 0.4) is 0 Å². The molecule has 4 rings (SSSR count). The lowest BCUT2D eigenvalue weighted by Crippen LogP contribution is -2.22. The van der Waals surface area contributed by atoms with Crippen LogP contribution in [0.5, 0.6) is 0 Å². The number of carbonyl (C=O) groups excluding carboxylic acids is 1. The van der Waals surface area contributed by atoms with Gasteiger partial charge in [0.2, 0.25) is 10.9 Å². The van der Waals surface area contributed by atoms with Gasteiger partial charge in [-0.05, 0) is 24.6 Å². The molecule has 0 bridgehead atoms. The third-order valence-corrected chi connectivity index (χ3v) is 6.55. The molecule has 8 nitrogen and oxygen atoms in total. The Labute approximate surface area is 183 Å². The Morgan fingerprint density at radius 1 is 1.20 bits per heavy atom. The second kappa shape index (κ2) is 9.41. The number of benzene rings is 1. The van der Waals surface area contributed by atoms with E-state index in [2.05, 4.69) is 30.7 Å². The van der Waals surface area contributed by atoms with Crippen LogP contribution in [-0.4, -0.2) is 31.3 Å². The van der Waals surface area contributed by atoms with Crippen LogP contribution in [0.25, 0.3) is 0 Å². The summed E-state index contributed by atoms with van der Waals surface area (Å²) in [5.41, 5.74) is 1.70. The first-order valence-corrected chi connectivity index (χ1v) is 11.4. The van der Waals surface area contributed by atoms with E-state index in [1.54, 1.807) is 23.5 Å². The molecule has 0 radical (unpaired) electrons. The van der Waals surface area contributed by atoms with Gasteiger partial charge in [-0.3, -0.25) is 4.79 Å². The minimum Gasteiger partial charge on any atom is -0.416 e. The number of aryl methyl sites for hydroxylation is 1. The molecule has 3 aromatic heterocycles. The molecule has 30 heavy (non-hydrogen) atoms. The van der Waals surface area contributed by atoms with E-state index in [-0.39, 0.29) is 23.3 Å². The molecule has 0 aliphatic carbocycles. The summed E-state index contributed by atoms with van der Waals surface area (Å²) in [7, 11) is 0. The van der Waals surface area contributed by atoms with Crippen molar-refractivity contribution < 1.29 is 13.6 Å². The molecule has 1 aromatic carbocycles. The molecule has 3 heterocycles. The fraction of sp³-hybridized carbons (Fsp3) is 0.222. The highest BCUT2D eigenvalue weighted by atomic mass is 32.2. The van der Waals surface area contributed by atoms with Gasteiger partial charge in [0.25, 0.3) is 11.1 Å². The second-order valence-corrected chi connectivity index (χ2v) is 9.15. The first-order chi connectivity index (χ1) is 14.5. The lowest BCUT2D eigenvalue weighted by atomic mass is 10.2. The van der Waals surface area contributed by atoms with Crippen LogP contribution in [0.15, 0.2) is 39.3 Å². The van der Waals surface area contributed by atoms with Gasteiger partial charge in [0, 0.05) is 11.9 Å². The Morgan fingerprint density at radius 3 is 2.80 bits per heavy atom. The number of thioether (sulfide) groups is 1. The number of nitrogens with one attached hydrogen (secondary N) is 1. The summed E-state index contributed by atoms with van der Waals surface area (Å²) in [4.78, 5) is 16.6. The first kappa shape index (κ1) is 20.6. The van der Waals surface area contributed by atoms with E-state index in [4.69, 9.17) is 4.42 Å². The smallest absolute Gasteiger partial charge is 0.282 e. The van der Waals surface area contributed by atoms with Gasteiger partial charge in [0.1, 0.15) is 10.8 Å². The first-order valence-electron chi connectivity index (χ1n) is 8.76. The minimum atomic E-state index is -0.327. The zero-order valence-electron chi connectivity index (χ0n) is 15.7. The average molecular weight is 463 g/mol. The van der Waals surface area contributed by atoms with Gasteiger partial charge in [-0.15, -0.1) is 31.7 Å². The maximum absolute atomic E-state index is 12.9. The van der Waals surface area contributed by atoms with Crippen molar-refractivity contribution in [1.82, 2.24) is 30.7 Å². The summed E-state index contributed by atoms with van der Waals surface area (Å²) in [6, 6.07) is 5.93. The second-order valence-electron chi connectivity index (χ2n) is 6.10. The molecule has 12 heteroatoms. The standard InChI is InChI=1S/C18H15FN6O2S3/c1-10-21-13(8-28-10)6-14-22-25-18(27-14)29-9-15-23-24-17(30-15)16(26)20-7-11-2-4-12(19)5-3-11/h2-5,8H,6-7,9H2,1H3,(H,20,26). The fourth-order valence-corrected chi connectivity index (χ4v) is 4.53. The van der Waals surface area contributed by atoms with E-state index in [1.807, 2.05) is 12.3 Å². The molecule has 154 valence electrons. The van der Waals surface area contributed by atoms with Gasteiger partial charge < -0.3 is 9.73 Å². The molecule has 0 fully saturated rings. The molecule has 0 unspecified atom stereocenters. The number of nitrogens with zero attached hydrogens (tertiary/aromatic N) is 5. The largest absolute Gasteiger partial charge is 0.416 e. The highest BCUT2D eigenvalue weighted by Crippen LogP contribution is 2.24. The lowest BCUT2D eigenvalue weighted by molar-refractivity contribution is 0.0950. The summed E-state index contributed by atoms with van der Waals surface area (Å²) in [6.07, 6.45) is 0.495. The molecule has 0 aliphatic heterocycles. The number of aromatic nitrogens is 5. The van der Waals surface area contributed by atoms with E-state index >= 15 is 0 Å². The van der Waals surface area contributed by atoms with Crippen LogP contribution in [0, 0.1) is 12.7 Å². The van der Waals surface area contributed by atoms with Crippen molar-refractivity contribution in [1.29, 1.82) is 0 Å². The van der Waals surface area contributed by atoms with Crippen molar-refractivity contribution >= 4 is 40.3 Å². The number of thiazole rings is 1. The summed E-state index contributed by atoms with van der Waals surface area (Å²) in [5.74, 6) is 0.316. The quantitative estimate of drug-likeness (QED) is 0.396. The van der Waals surface area contributed by atoms with Crippen molar-refractivity contribution in [2.75, 3.05) is 0 Å². The maximum atomic E-state index is 12.9. The molecule has 1 amide bonds. The van der Waals surface area contributed by atoms with Crippen LogP contribution < -0.4 is 5.32 Å². The SMILES string of the molecule is Cc1nc(Cc2nnc(SCc3nnc(C(=O)NCc4ccc(F)cc4)s3)o2)cs1. The normalized spacial score (nSPS) is 11.0. The number of hydrogen-bond acceptors (Lipinski definition) is 10. The number of halogens is 1. The third kappa shape index (κ3) is 5.46. The molecule has 0 atom stereocenters. The molecule has 1 N–H and O–H groups in total. The van der Waals surface area contributed by atoms with Gasteiger partial charge >= 0.3 is 0 Å². The predicted octanol–water partition coefficient (Wildman–Crippen LogP) is 3.64. The number of amides is 1. The van der Waals surface area contributed by atoms with E-state index in [1.165, 1.54) is 35.2 Å². The van der Waals surface area contributed by atoms with Crippen molar-refractivity contribution in [3.05, 3.63) is 67.6 Å². The van der Waals surface area contributed by atoms with Gasteiger partial charge in [0.15, 0.2) is 0 Å². The van der Waals surface area contributed by atoms with Crippen molar-refractivity contribution in [3.63, 3.8) is 0 Å². The molecule has 4 aromatic rings. The molecule has 0 saturated heterocycles. The molecule has 0 aliphatic rings. The zero-order chi connectivity index (χ0) is 20.9. The van der Waals surface area contributed by atoms with Gasteiger partial charge in [-0.1, -0.05) is 35.2 Å². The number of hydrogen-bond donors (Lipinski definition) is 1. The van der Waals surface area contributed by atoms with Crippen molar-refractivity contribution in [2.24, 2.45) is 0 Å². The Morgan fingerprint density at radius 2 is 2.03 bits per heavy atom. The van der Waals surface area contributed by atoms with Crippen LogP contribution in [0.2, 0.25) is 0 Å². The molecule has 0 saturated carbocycles. The van der Waals surface area contributed by atoms with Gasteiger partial charge in [0.05, 0.1) is 22.9 Å². The summed E-state index contributed by atoms with van der Waals surface area (Å²) >= 11 is 4.10. The maximum Gasteiger partial charge on any atom is 0.282 e. The highest BCUT2D eigenvalue weighted by molar-refractivity contribution is 7.98. The predicted molar refractivity (Wildman–Crippen MR) is 111 cm³/mol. The Bertz CT molecular complexity index is 1140. The highest BCUT2D eigenvalue weighted by Gasteiger charge is 2.15. The topological polar surface area (TPSA) is 107 Å². The van der Waals surface area contributed by atoms with E-state index in [0.717, 1.165) is 16.3 Å². The third-order valence-electron chi connectivity index (χ3n) is 3.79. The Kier molecular flexibility index (Phi) is 6.45. The van der Waals surface area contributed by atoms with Crippen LogP contribution >= 0.6 is 34.4 Å². The van der Waals surface area contributed by atoms with Crippen LogP contribution in [-0.2, 0) is 18.7 Å². The lowest BCUT2D eigenvalue weighted by Gasteiger charge is -2.02. The molecule has 0 spiro atoms.